The Morgan fingerprint density at radius 3 is 2.81 bits per heavy atom. The molecule has 0 bridgehead atoms. The van der Waals surface area contributed by atoms with E-state index in [9.17, 15) is 9.59 Å². The van der Waals surface area contributed by atoms with Crippen LogP contribution in [-0.4, -0.2) is 36.4 Å². The Morgan fingerprint density at radius 2 is 2.09 bits per heavy atom. The van der Waals surface area contributed by atoms with Gasteiger partial charge in [-0.15, -0.1) is 11.3 Å². The van der Waals surface area contributed by atoms with Crippen LogP contribution in [0.3, 0.4) is 0 Å². The van der Waals surface area contributed by atoms with Crippen molar-refractivity contribution in [1.82, 2.24) is 16.1 Å². The molecule has 1 aliphatic heterocycles. The Labute approximate surface area is 203 Å². The summed E-state index contributed by atoms with van der Waals surface area (Å²) < 4.78 is 11.9. The molecule has 0 unspecified atom stereocenters. The van der Waals surface area contributed by atoms with Crippen molar-refractivity contribution < 1.29 is 19.1 Å². The van der Waals surface area contributed by atoms with Crippen molar-refractivity contribution in [2.45, 2.75) is 19.9 Å². The van der Waals surface area contributed by atoms with Crippen molar-refractivity contribution in [3.8, 4) is 5.75 Å². The van der Waals surface area contributed by atoms with Gasteiger partial charge in [0.15, 0.2) is 11.7 Å². The standard InChI is InChI=1S/C21H21BrN4O4S2/c1-3-29-20(28)18-12(2)24-21(31)25-19(18)14-6-4-5-7-15(14)30-11-17(27)26-23-10-13-8-9-16(22)32-13/h4-10,19H,3,11H2,1-2H3,(H,26,27)(H2,24,25,31)/t19-/m1/s1. The summed E-state index contributed by atoms with van der Waals surface area (Å²) in [5, 5.41) is 10.4. The molecule has 0 aliphatic carbocycles. The summed E-state index contributed by atoms with van der Waals surface area (Å²) >= 11 is 10.1. The van der Waals surface area contributed by atoms with E-state index in [2.05, 4.69) is 37.1 Å². The second-order valence-corrected chi connectivity index (χ2v) is 9.46. The zero-order chi connectivity index (χ0) is 23.1. The molecule has 0 fully saturated rings. The second kappa shape index (κ2) is 11.2. The van der Waals surface area contributed by atoms with E-state index in [1.165, 1.54) is 11.3 Å². The lowest BCUT2D eigenvalue weighted by Crippen LogP contribution is -2.45. The highest BCUT2D eigenvalue weighted by molar-refractivity contribution is 9.11. The van der Waals surface area contributed by atoms with E-state index in [0.29, 0.717) is 27.7 Å². The lowest BCUT2D eigenvalue weighted by atomic mass is 9.95. The highest BCUT2D eigenvalue weighted by Gasteiger charge is 2.32. The summed E-state index contributed by atoms with van der Waals surface area (Å²) in [5.74, 6) is -0.442. The van der Waals surface area contributed by atoms with Crippen molar-refractivity contribution in [1.29, 1.82) is 0 Å². The number of para-hydroxylation sites is 1. The topological polar surface area (TPSA) is 101 Å². The minimum atomic E-state index is -0.586. The number of hydrogen-bond acceptors (Lipinski definition) is 7. The third-order valence-electron chi connectivity index (χ3n) is 4.33. The van der Waals surface area contributed by atoms with Gasteiger partial charge >= 0.3 is 5.97 Å². The van der Waals surface area contributed by atoms with Crippen LogP contribution in [0.4, 0.5) is 0 Å². The Kier molecular flexibility index (Phi) is 8.37. The van der Waals surface area contributed by atoms with Crippen LogP contribution in [0.5, 0.6) is 5.75 Å². The van der Waals surface area contributed by atoms with Crippen LogP contribution in [0.2, 0.25) is 0 Å². The molecule has 1 amide bonds. The van der Waals surface area contributed by atoms with Crippen LogP contribution in [0.15, 0.2) is 56.6 Å². The maximum absolute atomic E-state index is 12.6. The molecular formula is C21H21BrN4O4S2. The maximum atomic E-state index is 12.6. The van der Waals surface area contributed by atoms with Gasteiger partial charge in [0.25, 0.3) is 5.91 Å². The summed E-state index contributed by atoms with van der Waals surface area (Å²) in [6, 6.07) is 10.3. The molecule has 168 valence electrons. The highest BCUT2D eigenvalue weighted by Crippen LogP contribution is 2.33. The van der Waals surface area contributed by atoms with E-state index in [-0.39, 0.29) is 13.2 Å². The number of ether oxygens (including phenoxy) is 2. The third kappa shape index (κ3) is 6.15. The van der Waals surface area contributed by atoms with E-state index in [0.717, 1.165) is 8.66 Å². The van der Waals surface area contributed by atoms with E-state index >= 15 is 0 Å². The number of halogens is 1. The average Bonchev–Trinajstić information content (AvgIpc) is 3.17. The fourth-order valence-corrected chi connectivity index (χ4v) is 4.56. The minimum Gasteiger partial charge on any atom is -0.483 e. The van der Waals surface area contributed by atoms with Crippen LogP contribution in [0, 0.1) is 0 Å². The number of allylic oxidation sites excluding steroid dienone is 1. The zero-order valence-corrected chi connectivity index (χ0v) is 20.5. The number of amides is 1. The van der Waals surface area contributed by atoms with Crippen LogP contribution in [-0.2, 0) is 14.3 Å². The number of hydrogen-bond donors (Lipinski definition) is 3. The molecule has 1 aromatic heterocycles. The number of nitrogens with one attached hydrogen (secondary N) is 3. The van der Waals surface area contributed by atoms with Gasteiger partial charge in [0.05, 0.1) is 28.2 Å². The van der Waals surface area contributed by atoms with Gasteiger partial charge in [0, 0.05) is 16.1 Å². The summed E-state index contributed by atoms with van der Waals surface area (Å²) in [5.41, 5.74) is 4.08. The fourth-order valence-electron chi connectivity index (χ4n) is 3.00. The number of thiophene rings is 1. The van der Waals surface area contributed by atoms with Gasteiger partial charge < -0.3 is 20.1 Å². The molecular weight excluding hydrogens is 516 g/mol. The van der Waals surface area contributed by atoms with E-state index < -0.39 is 17.9 Å². The predicted octanol–water partition coefficient (Wildman–Crippen LogP) is 3.40. The Hall–Kier alpha value is -2.76. The lowest BCUT2D eigenvalue weighted by molar-refractivity contribution is -0.139. The monoisotopic (exact) mass is 536 g/mol. The Balaban J connectivity index is 1.72. The number of benzene rings is 1. The number of thiocarbonyl (C=S) groups is 1. The normalized spacial score (nSPS) is 15.8. The van der Waals surface area contributed by atoms with Gasteiger partial charge in [-0.2, -0.15) is 5.10 Å². The van der Waals surface area contributed by atoms with Crippen molar-refractivity contribution in [2.75, 3.05) is 13.2 Å². The molecule has 1 atom stereocenters. The van der Waals surface area contributed by atoms with Gasteiger partial charge in [0.2, 0.25) is 0 Å². The number of rotatable bonds is 8. The van der Waals surface area contributed by atoms with Crippen molar-refractivity contribution in [2.24, 2.45) is 5.10 Å². The van der Waals surface area contributed by atoms with Crippen molar-refractivity contribution >= 4 is 62.7 Å². The molecule has 1 aliphatic rings. The first-order valence-corrected chi connectivity index (χ1v) is 11.6. The smallest absolute Gasteiger partial charge is 0.338 e. The highest BCUT2D eigenvalue weighted by atomic mass is 79.9. The summed E-state index contributed by atoms with van der Waals surface area (Å²) in [6.07, 6.45) is 1.56. The van der Waals surface area contributed by atoms with Crippen molar-refractivity contribution in [3.05, 3.63) is 61.9 Å². The van der Waals surface area contributed by atoms with E-state index in [4.69, 9.17) is 21.7 Å². The fraction of sp³-hybridized carbons (Fsp3) is 0.238. The van der Waals surface area contributed by atoms with Gasteiger partial charge in [0.1, 0.15) is 5.75 Å². The van der Waals surface area contributed by atoms with Gasteiger partial charge in [-0.25, -0.2) is 10.2 Å². The molecule has 11 heteroatoms. The van der Waals surface area contributed by atoms with Crippen molar-refractivity contribution in [3.63, 3.8) is 0 Å². The molecule has 2 heterocycles. The molecule has 3 rings (SSSR count). The number of nitrogens with zero attached hydrogens (tertiary/aromatic N) is 1. The molecule has 32 heavy (non-hydrogen) atoms. The first-order chi connectivity index (χ1) is 15.4. The maximum Gasteiger partial charge on any atom is 0.338 e. The van der Waals surface area contributed by atoms with Crippen LogP contribution in [0.25, 0.3) is 0 Å². The molecule has 0 spiro atoms. The second-order valence-electron chi connectivity index (χ2n) is 6.55. The molecule has 0 saturated heterocycles. The van der Waals surface area contributed by atoms with Gasteiger partial charge in [-0.05, 0) is 60.2 Å². The number of esters is 1. The van der Waals surface area contributed by atoms with Crippen LogP contribution >= 0.6 is 39.5 Å². The lowest BCUT2D eigenvalue weighted by Gasteiger charge is -2.30. The molecule has 8 nitrogen and oxygen atoms in total. The van der Waals surface area contributed by atoms with Gasteiger partial charge in [-0.3, -0.25) is 4.79 Å². The Morgan fingerprint density at radius 1 is 1.31 bits per heavy atom. The van der Waals surface area contributed by atoms with Crippen LogP contribution in [0.1, 0.15) is 30.3 Å². The van der Waals surface area contributed by atoms with E-state index in [1.54, 1.807) is 38.3 Å². The van der Waals surface area contributed by atoms with E-state index in [1.807, 2.05) is 18.2 Å². The quantitative estimate of drug-likeness (QED) is 0.205. The Bertz CT molecular complexity index is 1080. The molecule has 0 radical (unpaired) electrons. The summed E-state index contributed by atoms with van der Waals surface area (Å²) in [6.45, 7) is 3.49. The largest absolute Gasteiger partial charge is 0.483 e. The number of hydrazone groups is 1. The van der Waals surface area contributed by atoms with Gasteiger partial charge in [-0.1, -0.05) is 18.2 Å². The molecule has 3 N–H and O–H groups in total. The first-order valence-electron chi connectivity index (χ1n) is 9.63. The molecule has 1 aromatic carbocycles. The third-order valence-corrected chi connectivity index (χ3v) is 6.11. The SMILES string of the molecule is CCOC(=O)C1=C(C)NC(=S)N[C@@H]1c1ccccc1OCC(=O)NN=Cc1ccc(Br)s1. The zero-order valence-electron chi connectivity index (χ0n) is 17.3. The van der Waals surface area contributed by atoms with Crippen LogP contribution < -0.4 is 20.8 Å². The molecule has 2 aromatic rings. The minimum absolute atomic E-state index is 0.244. The predicted molar refractivity (Wildman–Crippen MR) is 131 cm³/mol. The summed E-state index contributed by atoms with van der Waals surface area (Å²) in [7, 11) is 0. The number of carbonyl (C=O) groups excluding carboxylic acids is 2. The first kappa shape index (κ1) is 23.9. The molecule has 0 saturated carbocycles. The average molecular weight is 537 g/mol. The number of carbonyl (C=O) groups is 2. The summed E-state index contributed by atoms with van der Waals surface area (Å²) in [4.78, 5) is 25.7.